The second-order valence-electron chi connectivity index (χ2n) is 5.81. The summed E-state index contributed by atoms with van der Waals surface area (Å²) in [6.07, 6.45) is 3.17. The highest BCUT2D eigenvalue weighted by Crippen LogP contribution is 2.38. The number of hydrogen-bond acceptors (Lipinski definition) is 1. The molecule has 0 bridgehead atoms. The Morgan fingerprint density at radius 1 is 1.14 bits per heavy atom. The van der Waals surface area contributed by atoms with Gasteiger partial charge in [-0.1, -0.05) is 18.2 Å². The number of halogens is 3. The first-order chi connectivity index (χ1) is 10.4. The molecule has 120 valence electrons. The highest BCUT2D eigenvalue weighted by Gasteiger charge is 2.30. The molecule has 5 heteroatoms. The van der Waals surface area contributed by atoms with E-state index in [1.165, 1.54) is 6.08 Å². The van der Waals surface area contributed by atoms with Crippen LogP contribution < -0.4 is 0 Å². The first kappa shape index (κ1) is 16.6. The quantitative estimate of drug-likeness (QED) is 0.793. The van der Waals surface area contributed by atoms with Crippen LogP contribution in [0.2, 0.25) is 0 Å². The third-order valence-electron chi connectivity index (χ3n) is 4.29. The summed E-state index contributed by atoms with van der Waals surface area (Å²) >= 11 is 0. The molecule has 1 aliphatic carbocycles. The van der Waals surface area contributed by atoms with E-state index in [9.17, 15) is 18.0 Å². The van der Waals surface area contributed by atoms with Crippen molar-refractivity contribution in [2.75, 3.05) is 0 Å². The van der Waals surface area contributed by atoms with Gasteiger partial charge >= 0.3 is 12.1 Å². The highest BCUT2D eigenvalue weighted by atomic mass is 19.4. The van der Waals surface area contributed by atoms with Crippen molar-refractivity contribution in [1.29, 1.82) is 0 Å². The van der Waals surface area contributed by atoms with Gasteiger partial charge in [0.2, 0.25) is 0 Å². The number of alkyl halides is 3. The molecule has 1 aromatic carbocycles. The zero-order chi connectivity index (χ0) is 16.2. The Morgan fingerprint density at radius 2 is 1.73 bits per heavy atom. The van der Waals surface area contributed by atoms with Crippen molar-refractivity contribution >= 4 is 5.97 Å². The fraction of sp³-hybridized carbons (Fsp3) is 0.471. The standard InChI is InChI=1S/C17H19F3O2/c18-17(19,20)15-10-8-14(9-11-15)13-6-4-12(5-7-13)2-1-3-16(21)22/h1,3,8-13H,2,4-7H2,(H,21,22)/b3-1+/t12-,13-. The van der Waals surface area contributed by atoms with Crippen molar-refractivity contribution in [3.05, 3.63) is 47.5 Å². The van der Waals surface area contributed by atoms with Gasteiger partial charge in [-0.05, 0) is 61.6 Å². The van der Waals surface area contributed by atoms with Crippen LogP contribution in [-0.2, 0) is 11.0 Å². The summed E-state index contributed by atoms with van der Waals surface area (Å²) in [4.78, 5) is 10.4. The Labute approximate surface area is 127 Å². The molecule has 0 radical (unpaired) electrons. The van der Waals surface area contributed by atoms with E-state index < -0.39 is 17.7 Å². The third kappa shape index (κ3) is 4.61. The van der Waals surface area contributed by atoms with Crippen molar-refractivity contribution < 1.29 is 23.1 Å². The van der Waals surface area contributed by atoms with E-state index in [4.69, 9.17) is 5.11 Å². The Balaban J connectivity index is 1.87. The van der Waals surface area contributed by atoms with Crippen molar-refractivity contribution in [2.45, 2.75) is 44.2 Å². The van der Waals surface area contributed by atoms with Crippen LogP contribution in [0.3, 0.4) is 0 Å². The highest BCUT2D eigenvalue weighted by molar-refractivity contribution is 5.79. The topological polar surface area (TPSA) is 37.3 Å². The Hall–Kier alpha value is -1.78. The molecule has 0 spiro atoms. The molecule has 2 nitrogen and oxygen atoms in total. The van der Waals surface area contributed by atoms with Gasteiger partial charge in [0.15, 0.2) is 0 Å². The number of carboxylic acid groups (broad SMARTS) is 1. The summed E-state index contributed by atoms with van der Waals surface area (Å²) in [7, 11) is 0. The minimum atomic E-state index is -4.29. The van der Waals surface area contributed by atoms with Crippen molar-refractivity contribution in [1.82, 2.24) is 0 Å². The number of benzene rings is 1. The maximum absolute atomic E-state index is 12.5. The molecular weight excluding hydrogens is 293 g/mol. The minimum absolute atomic E-state index is 0.307. The fourth-order valence-electron chi connectivity index (χ4n) is 3.04. The van der Waals surface area contributed by atoms with Gasteiger partial charge in [-0.2, -0.15) is 13.2 Å². The average molecular weight is 312 g/mol. The largest absolute Gasteiger partial charge is 0.478 e. The van der Waals surface area contributed by atoms with Gasteiger partial charge in [0.05, 0.1) is 5.56 Å². The molecule has 0 aromatic heterocycles. The van der Waals surface area contributed by atoms with Crippen molar-refractivity contribution in [3.63, 3.8) is 0 Å². The molecule has 0 heterocycles. The summed E-state index contributed by atoms with van der Waals surface area (Å²) < 4.78 is 37.6. The zero-order valence-electron chi connectivity index (χ0n) is 12.1. The molecule has 0 amide bonds. The normalized spacial score (nSPS) is 22.9. The zero-order valence-corrected chi connectivity index (χ0v) is 12.1. The lowest BCUT2D eigenvalue weighted by Gasteiger charge is -2.28. The number of carbonyl (C=O) groups is 1. The van der Waals surface area contributed by atoms with E-state index >= 15 is 0 Å². The summed E-state index contributed by atoms with van der Waals surface area (Å²) in [5, 5.41) is 8.55. The van der Waals surface area contributed by atoms with E-state index in [-0.39, 0.29) is 0 Å². The number of hydrogen-bond donors (Lipinski definition) is 1. The van der Waals surface area contributed by atoms with Crippen LogP contribution in [0.15, 0.2) is 36.4 Å². The van der Waals surface area contributed by atoms with Crippen LogP contribution in [0.4, 0.5) is 13.2 Å². The smallest absolute Gasteiger partial charge is 0.416 e. The lowest BCUT2D eigenvalue weighted by molar-refractivity contribution is -0.137. The molecule has 1 fully saturated rings. The first-order valence-electron chi connectivity index (χ1n) is 7.43. The van der Waals surface area contributed by atoms with Gasteiger partial charge in [-0.25, -0.2) is 4.79 Å². The fourth-order valence-corrected chi connectivity index (χ4v) is 3.04. The molecule has 0 saturated heterocycles. The Morgan fingerprint density at radius 3 is 2.23 bits per heavy atom. The van der Waals surface area contributed by atoms with Gasteiger partial charge < -0.3 is 5.11 Å². The SMILES string of the molecule is O=C(O)/C=C/C[C@H]1CC[C@H](c2ccc(C(F)(F)F)cc2)CC1. The van der Waals surface area contributed by atoms with E-state index in [1.807, 2.05) is 0 Å². The van der Waals surface area contributed by atoms with E-state index in [0.717, 1.165) is 49.8 Å². The van der Waals surface area contributed by atoms with Crippen LogP contribution in [0.25, 0.3) is 0 Å². The van der Waals surface area contributed by atoms with E-state index in [1.54, 1.807) is 18.2 Å². The lowest BCUT2D eigenvalue weighted by Crippen LogP contribution is -2.13. The predicted molar refractivity (Wildman–Crippen MR) is 77.5 cm³/mol. The van der Waals surface area contributed by atoms with Gasteiger partial charge in [0, 0.05) is 6.08 Å². The molecular formula is C17H19F3O2. The number of rotatable bonds is 4. The van der Waals surface area contributed by atoms with Crippen molar-refractivity contribution in [2.24, 2.45) is 5.92 Å². The maximum Gasteiger partial charge on any atom is 0.416 e. The molecule has 2 rings (SSSR count). The van der Waals surface area contributed by atoms with Gasteiger partial charge in [0.1, 0.15) is 0 Å². The molecule has 1 saturated carbocycles. The van der Waals surface area contributed by atoms with Crippen LogP contribution in [0.1, 0.15) is 49.1 Å². The van der Waals surface area contributed by atoms with Crippen LogP contribution in [0, 0.1) is 5.92 Å². The predicted octanol–water partition coefficient (Wildman–Crippen LogP) is 5.01. The van der Waals surface area contributed by atoms with Crippen LogP contribution >= 0.6 is 0 Å². The van der Waals surface area contributed by atoms with Crippen LogP contribution in [0.5, 0.6) is 0 Å². The van der Waals surface area contributed by atoms with Crippen molar-refractivity contribution in [3.8, 4) is 0 Å². The molecule has 0 unspecified atom stereocenters. The number of aliphatic carboxylic acids is 1. The first-order valence-corrected chi connectivity index (χ1v) is 7.43. The number of carboxylic acids is 1. The minimum Gasteiger partial charge on any atom is -0.478 e. The average Bonchev–Trinajstić information content (AvgIpc) is 2.47. The lowest BCUT2D eigenvalue weighted by atomic mass is 9.77. The molecule has 0 aliphatic heterocycles. The monoisotopic (exact) mass is 312 g/mol. The summed E-state index contributed by atoms with van der Waals surface area (Å²) in [5.74, 6) is -0.151. The van der Waals surface area contributed by atoms with E-state index in [0.29, 0.717) is 11.8 Å². The summed E-state index contributed by atoms with van der Waals surface area (Å²) in [6, 6.07) is 5.46. The second kappa shape index (κ2) is 6.99. The van der Waals surface area contributed by atoms with Gasteiger partial charge in [0.25, 0.3) is 0 Å². The summed E-state index contributed by atoms with van der Waals surface area (Å²) in [5.41, 5.74) is 0.358. The van der Waals surface area contributed by atoms with Gasteiger partial charge in [-0.3, -0.25) is 0 Å². The number of allylic oxidation sites excluding steroid dienone is 1. The molecule has 1 aromatic rings. The molecule has 22 heavy (non-hydrogen) atoms. The maximum atomic E-state index is 12.5. The van der Waals surface area contributed by atoms with Crippen LogP contribution in [-0.4, -0.2) is 11.1 Å². The molecule has 0 atom stereocenters. The summed E-state index contributed by atoms with van der Waals surface area (Å²) in [6.45, 7) is 0. The van der Waals surface area contributed by atoms with E-state index in [2.05, 4.69) is 0 Å². The third-order valence-corrected chi connectivity index (χ3v) is 4.29. The van der Waals surface area contributed by atoms with Gasteiger partial charge in [-0.15, -0.1) is 0 Å². The Bertz CT molecular complexity index is 524. The molecule has 1 aliphatic rings. The second-order valence-corrected chi connectivity index (χ2v) is 5.81. The Kier molecular flexibility index (Phi) is 5.27. The molecule has 1 N–H and O–H groups in total.